The van der Waals surface area contributed by atoms with Gasteiger partial charge in [-0.2, -0.15) is 0 Å². The third-order valence-electron chi connectivity index (χ3n) is 3.91. The summed E-state index contributed by atoms with van der Waals surface area (Å²) in [4.78, 5) is 10.3. The number of hydrogen-bond acceptors (Lipinski definition) is 4. The molecule has 2 rings (SSSR count). The molecule has 98 valence electrons. The van der Waals surface area contributed by atoms with Crippen LogP contribution < -0.4 is 10.5 Å². The normalized spacial score (nSPS) is 25.3. The number of hydrogen-bond donors (Lipinski definition) is 1. The maximum absolute atomic E-state index is 10.7. The molecule has 0 saturated heterocycles. The van der Waals surface area contributed by atoms with Gasteiger partial charge in [0.05, 0.1) is 11.0 Å². The zero-order chi connectivity index (χ0) is 13.5. The quantitative estimate of drug-likeness (QED) is 0.660. The Morgan fingerprint density at radius 2 is 2.17 bits per heavy atom. The molecule has 1 saturated carbocycles. The molecule has 1 aliphatic carbocycles. The van der Waals surface area contributed by atoms with Crippen LogP contribution in [0.25, 0.3) is 0 Å². The van der Waals surface area contributed by atoms with Crippen LogP contribution in [0.2, 0.25) is 0 Å². The molecule has 0 aliphatic heterocycles. The van der Waals surface area contributed by atoms with Crippen LogP contribution in [0, 0.1) is 22.5 Å². The van der Waals surface area contributed by atoms with Crippen molar-refractivity contribution in [3.63, 3.8) is 0 Å². The average molecular weight is 250 g/mol. The molecule has 1 aliphatic rings. The Morgan fingerprint density at radius 1 is 1.50 bits per heavy atom. The molecule has 0 radical (unpaired) electrons. The zero-order valence-electron chi connectivity index (χ0n) is 10.8. The van der Waals surface area contributed by atoms with Gasteiger partial charge in [0.25, 0.3) is 5.69 Å². The molecular weight excluding hydrogens is 232 g/mol. The predicted molar refractivity (Wildman–Crippen MR) is 68.6 cm³/mol. The second kappa shape index (κ2) is 4.24. The number of nitro groups is 1. The predicted octanol–water partition coefficient (Wildman–Crippen LogP) is 2.41. The summed E-state index contributed by atoms with van der Waals surface area (Å²) >= 11 is 0. The third kappa shape index (κ3) is 2.06. The Hall–Kier alpha value is -1.62. The second-order valence-corrected chi connectivity index (χ2v) is 5.48. The Morgan fingerprint density at radius 3 is 2.67 bits per heavy atom. The third-order valence-corrected chi connectivity index (χ3v) is 3.91. The maximum atomic E-state index is 10.7. The van der Waals surface area contributed by atoms with Gasteiger partial charge in [-0.25, -0.2) is 0 Å². The number of ether oxygens (including phenoxy) is 1. The minimum atomic E-state index is -0.413. The minimum Gasteiger partial charge on any atom is -0.489 e. The summed E-state index contributed by atoms with van der Waals surface area (Å²) in [6.07, 6.45) is 0.808. The minimum absolute atomic E-state index is 0.0215. The zero-order valence-corrected chi connectivity index (χ0v) is 10.8. The Kier molecular flexibility index (Phi) is 3.02. The van der Waals surface area contributed by atoms with Crippen molar-refractivity contribution >= 4 is 5.69 Å². The molecule has 5 heteroatoms. The van der Waals surface area contributed by atoms with Crippen LogP contribution in [0.3, 0.4) is 0 Å². The molecule has 0 bridgehead atoms. The summed E-state index contributed by atoms with van der Waals surface area (Å²) in [5, 5.41) is 10.7. The first-order chi connectivity index (χ1) is 8.32. The number of nitrogens with zero attached hydrogens (tertiary/aromatic N) is 1. The van der Waals surface area contributed by atoms with Crippen molar-refractivity contribution in [1.82, 2.24) is 0 Å². The van der Waals surface area contributed by atoms with Gasteiger partial charge in [0, 0.05) is 23.9 Å². The van der Waals surface area contributed by atoms with Crippen LogP contribution in [0.1, 0.15) is 25.8 Å². The Labute approximate surface area is 106 Å². The first-order valence-electron chi connectivity index (χ1n) is 5.99. The van der Waals surface area contributed by atoms with Crippen LogP contribution in [0.4, 0.5) is 5.69 Å². The standard InChI is InChI=1S/C13H18N2O3/c1-8-4-5-9(15(16)17)6-10(8)18-12-7-11(14)13(12,2)3/h4-6,11-12H,7,14H2,1-3H3. The Balaban J connectivity index is 2.19. The number of aryl methyl sites for hydroxylation is 1. The van der Waals surface area contributed by atoms with E-state index in [1.165, 1.54) is 12.1 Å². The molecule has 0 aromatic heterocycles. The molecule has 0 amide bonds. The molecule has 2 N–H and O–H groups in total. The highest BCUT2D eigenvalue weighted by Gasteiger charge is 2.48. The van der Waals surface area contributed by atoms with Crippen molar-refractivity contribution in [1.29, 1.82) is 0 Å². The van der Waals surface area contributed by atoms with Crippen molar-refractivity contribution in [2.75, 3.05) is 0 Å². The fourth-order valence-electron chi connectivity index (χ4n) is 2.10. The van der Waals surface area contributed by atoms with Crippen molar-refractivity contribution in [2.24, 2.45) is 11.1 Å². The van der Waals surface area contributed by atoms with Crippen LogP contribution in [-0.2, 0) is 0 Å². The lowest BCUT2D eigenvalue weighted by Gasteiger charge is -2.49. The van der Waals surface area contributed by atoms with Crippen LogP contribution in [0.5, 0.6) is 5.75 Å². The van der Waals surface area contributed by atoms with Gasteiger partial charge in [0.15, 0.2) is 0 Å². The van der Waals surface area contributed by atoms with E-state index in [1.54, 1.807) is 6.07 Å². The lowest BCUT2D eigenvalue weighted by Crippen LogP contribution is -2.60. The summed E-state index contributed by atoms with van der Waals surface area (Å²) in [5.41, 5.74) is 6.79. The molecule has 1 aromatic rings. The summed E-state index contributed by atoms with van der Waals surface area (Å²) in [5.74, 6) is 0.578. The van der Waals surface area contributed by atoms with Gasteiger partial charge in [-0.3, -0.25) is 10.1 Å². The summed E-state index contributed by atoms with van der Waals surface area (Å²) in [7, 11) is 0. The number of rotatable bonds is 3. The van der Waals surface area contributed by atoms with Crippen molar-refractivity contribution < 1.29 is 9.66 Å². The molecule has 2 unspecified atom stereocenters. The van der Waals surface area contributed by atoms with E-state index in [1.807, 2.05) is 6.92 Å². The molecule has 1 fully saturated rings. The van der Waals surface area contributed by atoms with Gasteiger partial charge in [-0.05, 0) is 18.6 Å². The highest BCUT2D eigenvalue weighted by molar-refractivity contribution is 5.44. The largest absolute Gasteiger partial charge is 0.489 e. The van der Waals surface area contributed by atoms with Crippen LogP contribution >= 0.6 is 0 Å². The lowest BCUT2D eigenvalue weighted by atomic mass is 9.65. The highest BCUT2D eigenvalue weighted by Crippen LogP contribution is 2.42. The van der Waals surface area contributed by atoms with E-state index in [2.05, 4.69) is 13.8 Å². The van der Waals surface area contributed by atoms with Gasteiger partial charge < -0.3 is 10.5 Å². The van der Waals surface area contributed by atoms with E-state index in [4.69, 9.17) is 10.5 Å². The summed E-state index contributed by atoms with van der Waals surface area (Å²) < 4.78 is 5.87. The summed E-state index contributed by atoms with van der Waals surface area (Å²) in [6.45, 7) is 5.99. The van der Waals surface area contributed by atoms with E-state index in [0.717, 1.165) is 12.0 Å². The smallest absolute Gasteiger partial charge is 0.273 e. The van der Waals surface area contributed by atoms with Gasteiger partial charge in [-0.1, -0.05) is 13.8 Å². The number of nitro benzene ring substituents is 1. The van der Waals surface area contributed by atoms with E-state index in [9.17, 15) is 10.1 Å². The first-order valence-corrected chi connectivity index (χ1v) is 5.99. The highest BCUT2D eigenvalue weighted by atomic mass is 16.6. The maximum Gasteiger partial charge on any atom is 0.273 e. The van der Waals surface area contributed by atoms with Gasteiger partial charge in [-0.15, -0.1) is 0 Å². The molecule has 0 heterocycles. The SMILES string of the molecule is Cc1ccc([N+](=O)[O-])cc1OC1CC(N)C1(C)C. The van der Waals surface area contributed by atoms with Crippen LogP contribution in [0.15, 0.2) is 18.2 Å². The van der Waals surface area contributed by atoms with Crippen LogP contribution in [-0.4, -0.2) is 17.1 Å². The van der Waals surface area contributed by atoms with Gasteiger partial charge in [0.2, 0.25) is 0 Å². The first kappa shape index (κ1) is 12.8. The summed E-state index contributed by atoms with van der Waals surface area (Å²) in [6, 6.07) is 4.80. The number of benzene rings is 1. The van der Waals surface area contributed by atoms with E-state index in [-0.39, 0.29) is 23.2 Å². The molecule has 5 nitrogen and oxygen atoms in total. The number of non-ortho nitro benzene ring substituents is 1. The molecule has 0 spiro atoms. The average Bonchev–Trinajstić information content (AvgIpc) is 2.30. The van der Waals surface area contributed by atoms with Crippen molar-refractivity contribution in [3.05, 3.63) is 33.9 Å². The molecule has 1 aromatic carbocycles. The van der Waals surface area contributed by atoms with Gasteiger partial charge >= 0.3 is 0 Å². The fraction of sp³-hybridized carbons (Fsp3) is 0.538. The molecule has 18 heavy (non-hydrogen) atoms. The van der Waals surface area contributed by atoms with Crippen molar-refractivity contribution in [2.45, 2.75) is 39.3 Å². The van der Waals surface area contributed by atoms with Gasteiger partial charge in [0.1, 0.15) is 11.9 Å². The molecular formula is C13H18N2O3. The van der Waals surface area contributed by atoms with Crippen molar-refractivity contribution in [3.8, 4) is 5.75 Å². The monoisotopic (exact) mass is 250 g/mol. The van der Waals surface area contributed by atoms with E-state index < -0.39 is 4.92 Å². The second-order valence-electron chi connectivity index (χ2n) is 5.48. The fourth-order valence-corrected chi connectivity index (χ4v) is 2.10. The Bertz CT molecular complexity index is 485. The molecule has 2 atom stereocenters. The number of nitrogens with two attached hydrogens (primary N) is 1. The van der Waals surface area contributed by atoms with E-state index in [0.29, 0.717) is 5.75 Å². The lowest BCUT2D eigenvalue weighted by molar-refractivity contribution is -0.385. The van der Waals surface area contributed by atoms with E-state index >= 15 is 0 Å². The topological polar surface area (TPSA) is 78.4 Å².